The average molecular weight is 408 g/mol. The second kappa shape index (κ2) is 6.67. The maximum Gasteiger partial charge on any atom is 0.288 e. The van der Waals surface area contributed by atoms with Crippen molar-refractivity contribution in [1.82, 2.24) is 5.32 Å². The number of carbonyl (C=O) groups is 3. The first kappa shape index (κ1) is 20.1. The summed E-state index contributed by atoms with van der Waals surface area (Å²) in [5, 5.41) is 14.3. The van der Waals surface area contributed by atoms with Crippen LogP contribution in [0.3, 0.4) is 0 Å². The van der Waals surface area contributed by atoms with E-state index >= 15 is 0 Å². The van der Waals surface area contributed by atoms with Gasteiger partial charge in [0.25, 0.3) is 11.7 Å². The van der Waals surface area contributed by atoms with Gasteiger partial charge in [0.2, 0.25) is 17.1 Å². The molecule has 0 saturated heterocycles. The topological polar surface area (TPSA) is 119 Å². The Morgan fingerprint density at radius 2 is 1.93 bits per heavy atom. The minimum atomic E-state index is -2.21. The molecule has 1 aliphatic heterocycles. The number of nitrogens with one attached hydrogen (secondary N) is 1. The highest BCUT2D eigenvalue weighted by Gasteiger charge is 2.72. The van der Waals surface area contributed by atoms with Crippen molar-refractivity contribution in [2.75, 3.05) is 5.73 Å². The highest BCUT2D eigenvalue weighted by atomic mass is 16.6. The van der Waals surface area contributed by atoms with Crippen molar-refractivity contribution in [2.24, 2.45) is 0 Å². The molecular weight excluding hydrogens is 384 g/mol. The summed E-state index contributed by atoms with van der Waals surface area (Å²) in [6.07, 6.45) is 0.513. The van der Waals surface area contributed by atoms with Gasteiger partial charge in [0, 0.05) is 23.2 Å². The largest absolute Gasteiger partial charge is 0.454 e. The van der Waals surface area contributed by atoms with Gasteiger partial charge in [-0.2, -0.15) is 0 Å². The summed E-state index contributed by atoms with van der Waals surface area (Å²) in [4.78, 5) is 38.7. The first-order valence-corrected chi connectivity index (χ1v) is 10.0. The van der Waals surface area contributed by atoms with E-state index in [4.69, 9.17) is 10.5 Å². The fraction of sp³-hybridized carbons (Fsp3) is 0.348. The number of hydrogen-bond donors (Lipinski definition) is 3. The van der Waals surface area contributed by atoms with Crippen LogP contribution in [0.15, 0.2) is 36.4 Å². The Bertz CT molecular complexity index is 1090. The van der Waals surface area contributed by atoms with E-state index in [1.807, 2.05) is 19.9 Å². The quantitative estimate of drug-likeness (QED) is 0.517. The number of Topliss-reactive ketones (excluding diaryl/α,β-unsaturated/α-hetero) is 2. The molecular formula is C23H24N2O5. The van der Waals surface area contributed by atoms with Gasteiger partial charge in [-0.15, -0.1) is 0 Å². The number of fused-ring (bicyclic) bond motifs is 5. The molecule has 0 saturated carbocycles. The normalized spacial score (nSPS) is 23.6. The second-order valence-electron chi connectivity index (χ2n) is 8.13. The number of nitrogens with two attached hydrogens (primary N) is 1. The number of hydrogen-bond acceptors (Lipinski definition) is 6. The number of ether oxygens (including phenoxy) is 1. The van der Waals surface area contributed by atoms with E-state index in [-0.39, 0.29) is 34.9 Å². The third kappa shape index (κ3) is 2.45. The zero-order chi connectivity index (χ0) is 21.8. The van der Waals surface area contributed by atoms with E-state index in [1.165, 1.54) is 0 Å². The number of ketones is 2. The third-order valence-electron chi connectivity index (χ3n) is 5.90. The van der Waals surface area contributed by atoms with Crippen LogP contribution in [0.1, 0.15) is 66.6 Å². The number of amides is 1. The molecule has 7 heteroatoms. The van der Waals surface area contributed by atoms with Crippen LogP contribution in [0.2, 0.25) is 0 Å². The van der Waals surface area contributed by atoms with Gasteiger partial charge in [-0.1, -0.05) is 45.0 Å². The van der Waals surface area contributed by atoms with Crippen LogP contribution in [0.5, 0.6) is 5.75 Å². The molecule has 4 rings (SSSR count). The van der Waals surface area contributed by atoms with Crippen LogP contribution < -0.4 is 15.8 Å². The minimum absolute atomic E-state index is 0.0314. The fourth-order valence-corrected chi connectivity index (χ4v) is 4.33. The van der Waals surface area contributed by atoms with Crippen LogP contribution in [0, 0.1) is 0 Å². The zero-order valence-electron chi connectivity index (χ0n) is 17.1. The van der Waals surface area contributed by atoms with Crippen molar-refractivity contribution in [1.29, 1.82) is 0 Å². The molecule has 2 aromatic rings. The SMILES string of the molecule is CCCC(=O)C(=O)NC12C(=O)c3c(N)cccc3C1(O)Oc1cc(C(C)C)ccc12. The Balaban J connectivity index is 1.94. The van der Waals surface area contributed by atoms with E-state index < -0.39 is 28.8 Å². The molecule has 30 heavy (non-hydrogen) atoms. The first-order valence-electron chi connectivity index (χ1n) is 10.0. The average Bonchev–Trinajstić information content (AvgIpc) is 3.05. The van der Waals surface area contributed by atoms with E-state index in [1.54, 1.807) is 37.3 Å². The van der Waals surface area contributed by atoms with Gasteiger partial charge in [-0.05, 0) is 30.0 Å². The van der Waals surface area contributed by atoms with Gasteiger partial charge in [-0.25, -0.2) is 0 Å². The van der Waals surface area contributed by atoms with Crippen molar-refractivity contribution in [2.45, 2.75) is 50.9 Å². The molecule has 2 aromatic carbocycles. The molecule has 1 heterocycles. The molecule has 0 aromatic heterocycles. The van der Waals surface area contributed by atoms with Gasteiger partial charge in [0.05, 0.1) is 5.56 Å². The Morgan fingerprint density at radius 1 is 1.20 bits per heavy atom. The van der Waals surface area contributed by atoms with Crippen LogP contribution in [0.4, 0.5) is 5.69 Å². The molecule has 156 valence electrons. The lowest BCUT2D eigenvalue weighted by Crippen LogP contribution is -2.61. The van der Waals surface area contributed by atoms with Gasteiger partial charge in [0.1, 0.15) is 5.75 Å². The summed E-state index contributed by atoms with van der Waals surface area (Å²) in [7, 11) is 0. The number of aliphatic hydroxyl groups is 1. The molecule has 0 fully saturated rings. The Morgan fingerprint density at radius 3 is 2.60 bits per heavy atom. The van der Waals surface area contributed by atoms with Crippen molar-refractivity contribution < 1.29 is 24.2 Å². The van der Waals surface area contributed by atoms with Crippen LogP contribution >= 0.6 is 0 Å². The van der Waals surface area contributed by atoms with Crippen LogP contribution in [-0.4, -0.2) is 22.6 Å². The number of anilines is 1. The maximum absolute atomic E-state index is 13.7. The number of rotatable bonds is 5. The molecule has 2 aliphatic rings. The molecule has 0 bridgehead atoms. The number of benzene rings is 2. The summed E-state index contributed by atoms with van der Waals surface area (Å²) in [5.41, 5.74) is 5.71. The molecule has 7 nitrogen and oxygen atoms in total. The van der Waals surface area contributed by atoms with Crippen molar-refractivity contribution in [3.8, 4) is 5.75 Å². The Labute approximate surface area is 174 Å². The van der Waals surface area contributed by atoms with Gasteiger partial charge in [-0.3, -0.25) is 14.4 Å². The number of carbonyl (C=O) groups excluding carboxylic acids is 3. The van der Waals surface area contributed by atoms with E-state index in [9.17, 15) is 19.5 Å². The lowest BCUT2D eigenvalue weighted by molar-refractivity contribution is -0.176. The Kier molecular flexibility index (Phi) is 4.47. The second-order valence-corrected chi connectivity index (χ2v) is 8.13. The van der Waals surface area contributed by atoms with Crippen molar-refractivity contribution in [3.63, 3.8) is 0 Å². The predicted octanol–water partition coefficient (Wildman–Crippen LogP) is 2.51. The number of nitrogen functional groups attached to an aromatic ring is 1. The van der Waals surface area contributed by atoms with E-state index in [0.717, 1.165) is 5.56 Å². The molecule has 2 atom stereocenters. The van der Waals surface area contributed by atoms with Gasteiger partial charge < -0.3 is 20.9 Å². The summed E-state index contributed by atoms with van der Waals surface area (Å²) in [6, 6.07) is 9.91. The standard InChI is InChI=1S/C23H24N2O5/c1-4-6-17(26)21(28)25-22-14-10-9-13(12(2)3)11-18(14)30-23(22,29)15-7-5-8-16(24)19(15)20(22)27/h5,7-12,29H,4,6,24H2,1-3H3,(H,25,28). The monoisotopic (exact) mass is 408 g/mol. The summed E-state index contributed by atoms with van der Waals surface area (Å²) >= 11 is 0. The highest BCUT2D eigenvalue weighted by molar-refractivity contribution is 6.37. The molecule has 0 radical (unpaired) electrons. The van der Waals surface area contributed by atoms with Crippen LogP contribution in [-0.2, 0) is 20.9 Å². The van der Waals surface area contributed by atoms with E-state index in [2.05, 4.69) is 5.32 Å². The Hall–Kier alpha value is -3.19. The van der Waals surface area contributed by atoms with Gasteiger partial charge in [0.15, 0.2) is 0 Å². The third-order valence-corrected chi connectivity index (χ3v) is 5.90. The molecule has 2 unspecified atom stereocenters. The summed E-state index contributed by atoms with van der Waals surface area (Å²) in [6.45, 7) is 5.79. The smallest absolute Gasteiger partial charge is 0.288 e. The maximum atomic E-state index is 13.7. The van der Waals surface area contributed by atoms with Crippen molar-refractivity contribution in [3.05, 3.63) is 58.7 Å². The lowest BCUT2D eigenvalue weighted by atomic mass is 9.82. The molecule has 1 aliphatic carbocycles. The van der Waals surface area contributed by atoms with E-state index in [0.29, 0.717) is 12.0 Å². The van der Waals surface area contributed by atoms with Gasteiger partial charge >= 0.3 is 0 Å². The first-order chi connectivity index (χ1) is 14.2. The highest BCUT2D eigenvalue weighted by Crippen LogP contribution is 2.59. The summed E-state index contributed by atoms with van der Waals surface area (Å²) < 4.78 is 5.96. The van der Waals surface area contributed by atoms with Crippen molar-refractivity contribution >= 4 is 23.2 Å². The lowest BCUT2D eigenvalue weighted by Gasteiger charge is -2.34. The fourth-order valence-electron chi connectivity index (χ4n) is 4.33. The predicted molar refractivity (Wildman–Crippen MR) is 110 cm³/mol. The zero-order valence-corrected chi connectivity index (χ0v) is 17.1. The van der Waals surface area contributed by atoms with Crippen LogP contribution in [0.25, 0.3) is 0 Å². The minimum Gasteiger partial charge on any atom is -0.454 e. The summed E-state index contributed by atoms with van der Waals surface area (Å²) in [5.74, 6) is -3.96. The molecule has 1 amide bonds. The molecule has 4 N–H and O–H groups in total. The molecule has 0 spiro atoms.